The lowest BCUT2D eigenvalue weighted by Crippen LogP contribution is -2.33. The van der Waals surface area contributed by atoms with Crippen molar-refractivity contribution < 1.29 is 19.4 Å². The van der Waals surface area contributed by atoms with Crippen molar-refractivity contribution in [2.75, 3.05) is 7.11 Å². The monoisotopic (exact) mass is 493 g/mol. The number of aromatic nitrogens is 1. The highest BCUT2D eigenvalue weighted by molar-refractivity contribution is 7.16. The van der Waals surface area contributed by atoms with Gasteiger partial charge in [-0.1, -0.05) is 60.7 Å². The molecule has 0 fully saturated rings. The summed E-state index contributed by atoms with van der Waals surface area (Å²) in [5, 5.41) is 10.8. The summed E-state index contributed by atoms with van der Waals surface area (Å²) in [7, 11) is 1.63. The summed E-state index contributed by atoms with van der Waals surface area (Å²) < 4.78 is 7.48. The number of nitrogens with zero attached hydrogens (tertiary/aromatic N) is 1. The molecule has 0 aliphatic heterocycles. The van der Waals surface area contributed by atoms with Gasteiger partial charge in [-0.05, 0) is 47.9 Å². The average Bonchev–Trinajstić information content (AvgIpc) is 3.50. The fraction of sp³-hybridized carbons (Fsp3) is 0.133. The number of benzene rings is 3. The van der Waals surface area contributed by atoms with Crippen molar-refractivity contribution in [3.8, 4) is 5.75 Å². The number of thiophene rings is 1. The summed E-state index contributed by atoms with van der Waals surface area (Å²) in [4.78, 5) is 26.7. The summed E-state index contributed by atoms with van der Waals surface area (Å²) in [5.41, 5.74) is 4.55. The molecule has 0 saturated carbocycles. The van der Waals surface area contributed by atoms with Crippen molar-refractivity contribution in [2.45, 2.75) is 18.9 Å². The van der Waals surface area contributed by atoms with Crippen LogP contribution < -0.4 is 4.74 Å². The molecule has 36 heavy (non-hydrogen) atoms. The average molecular weight is 494 g/mol. The van der Waals surface area contributed by atoms with E-state index in [1.807, 2.05) is 54.6 Å². The minimum Gasteiger partial charge on any atom is -0.497 e. The summed E-state index contributed by atoms with van der Waals surface area (Å²) in [6.07, 6.45) is 0. The van der Waals surface area contributed by atoms with E-state index in [0.717, 1.165) is 50.2 Å². The molecule has 6 heteroatoms. The lowest BCUT2D eigenvalue weighted by atomic mass is 9.66. The maximum atomic E-state index is 14.1. The van der Waals surface area contributed by atoms with Crippen molar-refractivity contribution >= 4 is 34.0 Å². The highest BCUT2D eigenvalue weighted by atomic mass is 32.1. The minimum atomic E-state index is -1.03. The largest absolute Gasteiger partial charge is 0.497 e. The molecule has 1 N–H and O–H groups in total. The second-order valence-corrected chi connectivity index (χ2v) is 10.2. The maximum Gasteiger partial charge on any atom is 0.345 e. The van der Waals surface area contributed by atoms with Gasteiger partial charge in [0.1, 0.15) is 10.6 Å². The van der Waals surface area contributed by atoms with Crippen LogP contribution in [0.25, 0.3) is 10.9 Å². The number of ether oxygens (including phenoxy) is 1. The van der Waals surface area contributed by atoms with Crippen LogP contribution >= 0.6 is 11.3 Å². The Morgan fingerprint density at radius 3 is 2.39 bits per heavy atom. The first kappa shape index (κ1) is 22.3. The van der Waals surface area contributed by atoms with Crippen molar-refractivity contribution in [3.05, 3.63) is 123 Å². The first-order valence-electron chi connectivity index (χ1n) is 11.7. The van der Waals surface area contributed by atoms with Gasteiger partial charge in [-0.2, -0.15) is 0 Å². The summed E-state index contributed by atoms with van der Waals surface area (Å²) >= 11 is 1.06. The van der Waals surface area contributed by atoms with Crippen LogP contribution in [0.5, 0.6) is 5.75 Å². The number of ketones is 1. The van der Waals surface area contributed by atoms with E-state index in [1.165, 1.54) is 0 Å². The predicted molar refractivity (Wildman–Crippen MR) is 141 cm³/mol. The topological polar surface area (TPSA) is 68.5 Å². The van der Waals surface area contributed by atoms with Crippen LogP contribution in [0, 0.1) is 0 Å². The number of hydrogen-bond acceptors (Lipinski definition) is 4. The Balaban J connectivity index is 1.71. The second-order valence-electron chi connectivity index (χ2n) is 9.15. The molecule has 5 nitrogen and oxygen atoms in total. The molecule has 3 aromatic carbocycles. The van der Waals surface area contributed by atoms with Gasteiger partial charge in [0.25, 0.3) is 0 Å². The fourth-order valence-corrected chi connectivity index (χ4v) is 6.53. The third-order valence-corrected chi connectivity index (χ3v) is 8.35. The third kappa shape index (κ3) is 3.14. The number of aromatic carboxylic acids is 1. The number of rotatable bonds is 5. The van der Waals surface area contributed by atoms with Crippen molar-refractivity contribution in [1.29, 1.82) is 0 Å². The van der Waals surface area contributed by atoms with Gasteiger partial charge in [-0.25, -0.2) is 4.79 Å². The quantitative estimate of drug-likeness (QED) is 0.309. The standard InChI is InChI=1S/C30H23NO4S/c1-30(19-12-14-20(35-2)15-13-19)22-16-24(29(33)34)36-28(22)27(32)26-25(30)21-10-6-7-11-23(21)31(26)17-18-8-4-3-5-9-18/h3-16H,17H2,1-2H3,(H,33,34). The van der Waals surface area contributed by atoms with E-state index in [-0.39, 0.29) is 10.7 Å². The van der Waals surface area contributed by atoms with Crippen LogP contribution in [0.15, 0.2) is 84.9 Å². The SMILES string of the molecule is COc1ccc(C2(C)c3cc(C(=O)O)sc3C(=O)c3c2c2ccccc2n3Cc2ccccc2)cc1. The van der Waals surface area contributed by atoms with E-state index in [9.17, 15) is 14.7 Å². The molecule has 2 heterocycles. The Kier molecular flexibility index (Phi) is 5.09. The molecule has 0 saturated heterocycles. The van der Waals surface area contributed by atoms with E-state index >= 15 is 0 Å². The number of carboxylic acid groups (broad SMARTS) is 1. The van der Waals surface area contributed by atoms with Gasteiger partial charge < -0.3 is 14.4 Å². The number of carbonyl (C=O) groups excluding carboxylic acids is 1. The number of hydrogen-bond donors (Lipinski definition) is 1. The molecule has 1 aliphatic rings. The summed E-state index contributed by atoms with van der Waals surface area (Å²) in [6.45, 7) is 2.63. The number of para-hydroxylation sites is 1. The zero-order valence-corrected chi connectivity index (χ0v) is 20.6. The van der Waals surface area contributed by atoms with Gasteiger partial charge in [0.2, 0.25) is 5.78 Å². The van der Waals surface area contributed by atoms with Crippen LogP contribution in [-0.4, -0.2) is 28.5 Å². The molecule has 0 radical (unpaired) electrons. The molecule has 178 valence electrons. The van der Waals surface area contributed by atoms with Crippen LogP contribution in [0.2, 0.25) is 0 Å². The molecule has 0 amide bonds. The van der Waals surface area contributed by atoms with Gasteiger partial charge in [0, 0.05) is 28.4 Å². The molecular formula is C30H23NO4S. The number of fused-ring (bicyclic) bond motifs is 4. The van der Waals surface area contributed by atoms with Crippen LogP contribution in [0.4, 0.5) is 0 Å². The Morgan fingerprint density at radius 2 is 1.69 bits per heavy atom. The number of carboxylic acids is 1. The van der Waals surface area contributed by atoms with Crippen molar-refractivity contribution in [3.63, 3.8) is 0 Å². The molecule has 6 rings (SSSR count). The third-order valence-electron chi connectivity index (χ3n) is 7.22. The van der Waals surface area contributed by atoms with Crippen LogP contribution in [-0.2, 0) is 12.0 Å². The summed E-state index contributed by atoms with van der Waals surface area (Å²) in [6, 6.07) is 27.6. The first-order chi connectivity index (χ1) is 17.4. The Labute approximate surface area is 212 Å². The second kappa shape index (κ2) is 8.21. The zero-order valence-electron chi connectivity index (χ0n) is 19.8. The maximum absolute atomic E-state index is 14.1. The van der Waals surface area contributed by atoms with E-state index in [4.69, 9.17) is 4.74 Å². The van der Waals surface area contributed by atoms with E-state index in [1.54, 1.807) is 13.2 Å². The Morgan fingerprint density at radius 1 is 1.00 bits per heavy atom. The number of methoxy groups -OCH3 is 1. The predicted octanol–water partition coefficient (Wildman–Crippen LogP) is 6.36. The van der Waals surface area contributed by atoms with Gasteiger partial charge >= 0.3 is 5.97 Å². The lowest BCUT2D eigenvalue weighted by molar-refractivity contribution is 0.0702. The molecule has 0 bridgehead atoms. The van der Waals surface area contributed by atoms with E-state index < -0.39 is 11.4 Å². The van der Waals surface area contributed by atoms with Crippen LogP contribution in [0.3, 0.4) is 0 Å². The first-order valence-corrected chi connectivity index (χ1v) is 12.5. The van der Waals surface area contributed by atoms with Gasteiger partial charge in [0.15, 0.2) is 0 Å². The molecular weight excluding hydrogens is 470 g/mol. The minimum absolute atomic E-state index is 0.129. The van der Waals surface area contributed by atoms with Crippen LogP contribution in [0.1, 0.15) is 54.2 Å². The normalized spacial score (nSPS) is 16.6. The van der Waals surface area contributed by atoms with Gasteiger partial charge in [-0.15, -0.1) is 11.3 Å². The molecule has 1 aliphatic carbocycles. The molecule has 1 unspecified atom stereocenters. The lowest BCUT2D eigenvalue weighted by Gasteiger charge is -2.35. The van der Waals surface area contributed by atoms with E-state index in [2.05, 4.69) is 35.8 Å². The van der Waals surface area contributed by atoms with Gasteiger partial charge in [-0.3, -0.25) is 4.79 Å². The Hall–Kier alpha value is -4.16. The van der Waals surface area contributed by atoms with Crippen molar-refractivity contribution in [2.24, 2.45) is 0 Å². The smallest absolute Gasteiger partial charge is 0.345 e. The molecule has 5 aromatic rings. The zero-order chi connectivity index (χ0) is 25.0. The van der Waals surface area contributed by atoms with Gasteiger partial charge in [0.05, 0.1) is 17.7 Å². The van der Waals surface area contributed by atoms with Crippen molar-refractivity contribution in [1.82, 2.24) is 4.57 Å². The molecule has 1 atom stereocenters. The number of carbonyl (C=O) groups is 2. The van der Waals surface area contributed by atoms with E-state index in [0.29, 0.717) is 17.1 Å². The fourth-order valence-electron chi connectivity index (χ4n) is 5.48. The highest BCUT2D eigenvalue weighted by Gasteiger charge is 2.47. The Bertz CT molecular complexity index is 1650. The molecule has 0 spiro atoms. The summed E-state index contributed by atoms with van der Waals surface area (Å²) in [5.74, 6) is -0.422. The molecule has 2 aromatic heterocycles. The highest BCUT2D eigenvalue weighted by Crippen LogP contribution is 2.52.